The highest BCUT2D eigenvalue weighted by Gasteiger charge is 2.17. The minimum Gasteiger partial charge on any atom is -0.493 e. The fourth-order valence-corrected chi connectivity index (χ4v) is 2.89. The quantitative estimate of drug-likeness (QED) is 0.620. The molecule has 2 rings (SSSR count). The summed E-state index contributed by atoms with van der Waals surface area (Å²) in [5.74, 6) is -0.274. The Bertz CT molecular complexity index is 891. The lowest BCUT2D eigenvalue weighted by atomic mass is 10.1. The zero-order valence-electron chi connectivity index (χ0n) is 15.5. The highest BCUT2D eigenvalue weighted by atomic mass is 79.9. The van der Waals surface area contributed by atoms with Gasteiger partial charge in [0.05, 0.1) is 36.2 Å². The van der Waals surface area contributed by atoms with Crippen molar-refractivity contribution in [3.63, 3.8) is 0 Å². The van der Waals surface area contributed by atoms with Gasteiger partial charge >= 0.3 is 5.97 Å². The summed E-state index contributed by atoms with van der Waals surface area (Å²) in [4.78, 5) is 24.3. The summed E-state index contributed by atoms with van der Waals surface area (Å²) in [5.41, 5.74) is 1.62. The molecule has 0 fully saturated rings. The van der Waals surface area contributed by atoms with E-state index in [0.717, 1.165) is 5.56 Å². The van der Waals surface area contributed by atoms with Crippen LogP contribution in [0.2, 0.25) is 0 Å². The molecule has 7 nitrogen and oxygen atoms in total. The van der Waals surface area contributed by atoms with E-state index in [-0.39, 0.29) is 5.56 Å². The predicted molar refractivity (Wildman–Crippen MR) is 107 cm³/mol. The molecule has 0 aromatic heterocycles. The zero-order chi connectivity index (χ0) is 20.5. The molecule has 146 valence electrons. The minimum atomic E-state index is -0.665. The molecule has 2 aromatic rings. The average molecular weight is 447 g/mol. The van der Waals surface area contributed by atoms with Gasteiger partial charge in [-0.1, -0.05) is 12.1 Å². The molecule has 28 heavy (non-hydrogen) atoms. The monoisotopic (exact) mass is 446 g/mol. The number of benzene rings is 2. The number of carbonyl (C=O) groups excluding carboxylic acids is 2. The standard InChI is InChI=1S/C20H19BrN2O5/c1-3-27-19-16(21)10-14(11-17(19)26-2)20(25)28-12-18(24)23-15-6-4-13(5-7-15)8-9-22/h4-7,10-11H,3,8,12H2,1-2H3,(H,23,24). The largest absolute Gasteiger partial charge is 0.493 e. The molecule has 0 unspecified atom stereocenters. The third-order valence-electron chi connectivity index (χ3n) is 3.61. The van der Waals surface area contributed by atoms with E-state index in [4.69, 9.17) is 19.5 Å². The van der Waals surface area contributed by atoms with Gasteiger partial charge < -0.3 is 19.5 Å². The van der Waals surface area contributed by atoms with E-state index in [1.165, 1.54) is 13.2 Å². The number of nitrogens with zero attached hydrogens (tertiary/aromatic N) is 1. The molecular formula is C20H19BrN2O5. The number of rotatable bonds is 8. The summed E-state index contributed by atoms with van der Waals surface area (Å²) in [6.07, 6.45) is 0.299. The molecule has 0 saturated carbocycles. The molecule has 0 atom stereocenters. The summed E-state index contributed by atoms with van der Waals surface area (Å²) in [6.45, 7) is 1.84. The fraction of sp³-hybridized carbons (Fsp3) is 0.250. The Morgan fingerprint density at radius 3 is 2.54 bits per heavy atom. The van der Waals surface area contributed by atoms with Crippen LogP contribution in [-0.4, -0.2) is 32.2 Å². The number of esters is 1. The number of hydrogen-bond donors (Lipinski definition) is 1. The van der Waals surface area contributed by atoms with Crippen LogP contribution in [0.3, 0.4) is 0 Å². The lowest BCUT2D eigenvalue weighted by Crippen LogP contribution is -2.21. The van der Waals surface area contributed by atoms with E-state index in [1.807, 2.05) is 6.92 Å². The third kappa shape index (κ3) is 5.72. The van der Waals surface area contributed by atoms with E-state index in [2.05, 4.69) is 27.3 Å². The second-order valence-electron chi connectivity index (χ2n) is 5.58. The van der Waals surface area contributed by atoms with Gasteiger partial charge in [-0.25, -0.2) is 4.79 Å². The molecule has 8 heteroatoms. The average Bonchev–Trinajstić information content (AvgIpc) is 2.69. The van der Waals surface area contributed by atoms with Gasteiger partial charge in [-0.3, -0.25) is 4.79 Å². The van der Waals surface area contributed by atoms with E-state index in [0.29, 0.717) is 34.7 Å². The molecular weight excluding hydrogens is 428 g/mol. The summed E-state index contributed by atoms with van der Waals surface area (Å²) in [6, 6.07) is 11.9. The van der Waals surface area contributed by atoms with Crippen molar-refractivity contribution in [3.05, 3.63) is 52.0 Å². The fourth-order valence-electron chi connectivity index (χ4n) is 2.33. The number of ether oxygens (including phenoxy) is 3. The van der Waals surface area contributed by atoms with Crippen molar-refractivity contribution in [3.8, 4) is 17.6 Å². The number of nitriles is 1. The van der Waals surface area contributed by atoms with E-state index in [1.54, 1.807) is 30.3 Å². The summed E-state index contributed by atoms with van der Waals surface area (Å²) < 4.78 is 16.3. The van der Waals surface area contributed by atoms with Crippen LogP contribution in [0.1, 0.15) is 22.8 Å². The first-order valence-electron chi connectivity index (χ1n) is 8.41. The van der Waals surface area contributed by atoms with Crippen molar-refractivity contribution in [1.82, 2.24) is 0 Å². The Kier molecular flexibility index (Phi) is 7.84. The van der Waals surface area contributed by atoms with Crippen LogP contribution in [0.4, 0.5) is 5.69 Å². The highest BCUT2D eigenvalue weighted by molar-refractivity contribution is 9.10. The number of hydrogen-bond acceptors (Lipinski definition) is 6. The van der Waals surface area contributed by atoms with Crippen LogP contribution in [0.15, 0.2) is 40.9 Å². The summed E-state index contributed by atoms with van der Waals surface area (Å²) >= 11 is 3.34. The third-order valence-corrected chi connectivity index (χ3v) is 4.20. The Morgan fingerprint density at radius 2 is 1.93 bits per heavy atom. The van der Waals surface area contributed by atoms with Gasteiger partial charge in [-0.05, 0) is 52.7 Å². The van der Waals surface area contributed by atoms with Crippen LogP contribution >= 0.6 is 15.9 Å². The molecule has 0 radical (unpaired) electrons. The molecule has 0 bridgehead atoms. The number of halogens is 1. The first kappa shape index (κ1) is 21.3. The number of nitrogens with one attached hydrogen (secondary N) is 1. The molecule has 0 aliphatic heterocycles. The predicted octanol–water partition coefficient (Wildman–Crippen LogP) is 3.72. The zero-order valence-corrected chi connectivity index (χ0v) is 17.0. The number of carbonyl (C=O) groups is 2. The molecule has 0 heterocycles. The van der Waals surface area contributed by atoms with E-state index >= 15 is 0 Å². The highest BCUT2D eigenvalue weighted by Crippen LogP contribution is 2.36. The Balaban J connectivity index is 1.96. The first-order valence-corrected chi connectivity index (χ1v) is 9.21. The van der Waals surface area contributed by atoms with Gasteiger partial charge in [-0.2, -0.15) is 5.26 Å². The van der Waals surface area contributed by atoms with Crippen molar-refractivity contribution in [2.45, 2.75) is 13.3 Å². The summed E-state index contributed by atoms with van der Waals surface area (Å²) in [5, 5.41) is 11.3. The maximum Gasteiger partial charge on any atom is 0.338 e. The molecule has 0 aliphatic rings. The second kappa shape index (κ2) is 10.3. The van der Waals surface area contributed by atoms with Gasteiger partial charge in [0.2, 0.25) is 0 Å². The van der Waals surface area contributed by atoms with E-state index in [9.17, 15) is 9.59 Å². The van der Waals surface area contributed by atoms with Crippen LogP contribution in [0.5, 0.6) is 11.5 Å². The van der Waals surface area contributed by atoms with Crippen LogP contribution in [0.25, 0.3) is 0 Å². The number of anilines is 1. The van der Waals surface area contributed by atoms with Crippen molar-refractivity contribution < 1.29 is 23.8 Å². The Hall–Kier alpha value is -3.05. The number of amides is 1. The van der Waals surface area contributed by atoms with Crippen LogP contribution in [-0.2, 0) is 16.0 Å². The van der Waals surface area contributed by atoms with Crippen molar-refractivity contribution >= 4 is 33.5 Å². The molecule has 1 N–H and O–H groups in total. The SMILES string of the molecule is CCOc1c(Br)cc(C(=O)OCC(=O)Nc2ccc(CC#N)cc2)cc1OC. The first-order chi connectivity index (χ1) is 13.5. The van der Waals surface area contributed by atoms with E-state index < -0.39 is 18.5 Å². The second-order valence-corrected chi connectivity index (χ2v) is 6.43. The lowest BCUT2D eigenvalue weighted by Gasteiger charge is -2.13. The maximum atomic E-state index is 12.3. The van der Waals surface area contributed by atoms with Crippen LogP contribution in [0, 0.1) is 11.3 Å². The van der Waals surface area contributed by atoms with Crippen molar-refractivity contribution in [1.29, 1.82) is 5.26 Å². The molecule has 0 spiro atoms. The Labute approximate surface area is 171 Å². The van der Waals surface area contributed by atoms with Gasteiger partial charge in [0.15, 0.2) is 18.1 Å². The van der Waals surface area contributed by atoms with Gasteiger partial charge in [0.1, 0.15) is 0 Å². The smallest absolute Gasteiger partial charge is 0.338 e. The van der Waals surface area contributed by atoms with Crippen molar-refractivity contribution in [2.24, 2.45) is 0 Å². The molecule has 2 aromatic carbocycles. The normalized spacial score (nSPS) is 9.93. The molecule has 1 amide bonds. The van der Waals surface area contributed by atoms with Gasteiger partial charge in [-0.15, -0.1) is 0 Å². The maximum absolute atomic E-state index is 12.3. The summed E-state index contributed by atoms with van der Waals surface area (Å²) in [7, 11) is 1.47. The minimum absolute atomic E-state index is 0.223. The van der Waals surface area contributed by atoms with Gasteiger partial charge in [0.25, 0.3) is 5.91 Å². The topological polar surface area (TPSA) is 97.6 Å². The molecule has 0 aliphatic carbocycles. The van der Waals surface area contributed by atoms with Crippen LogP contribution < -0.4 is 14.8 Å². The van der Waals surface area contributed by atoms with Crippen molar-refractivity contribution in [2.75, 3.05) is 25.6 Å². The number of methoxy groups -OCH3 is 1. The van der Waals surface area contributed by atoms with Gasteiger partial charge in [0, 0.05) is 5.69 Å². The molecule has 0 saturated heterocycles. The Morgan fingerprint density at radius 1 is 1.21 bits per heavy atom. The lowest BCUT2D eigenvalue weighted by molar-refractivity contribution is -0.119.